The van der Waals surface area contributed by atoms with E-state index in [1.807, 2.05) is 25.1 Å². The SMILES string of the molecule is CCOc1ccc(Br)cc1/C=N\NC(=O)c1cc(Br)ccc1OC. The Balaban J connectivity index is 2.16. The molecule has 0 heterocycles. The Kier molecular flexibility index (Phi) is 6.81. The molecule has 1 N–H and O–H groups in total. The van der Waals surface area contributed by atoms with Crippen LogP contribution in [0.5, 0.6) is 11.5 Å². The van der Waals surface area contributed by atoms with E-state index in [1.165, 1.54) is 13.3 Å². The van der Waals surface area contributed by atoms with Crippen molar-refractivity contribution >= 4 is 44.0 Å². The minimum Gasteiger partial charge on any atom is -0.496 e. The summed E-state index contributed by atoms with van der Waals surface area (Å²) in [6.45, 7) is 2.45. The molecule has 0 bridgehead atoms. The van der Waals surface area contributed by atoms with Gasteiger partial charge in [0.1, 0.15) is 11.5 Å². The smallest absolute Gasteiger partial charge is 0.275 e. The van der Waals surface area contributed by atoms with E-state index in [4.69, 9.17) is 9.47 Å². The van der Waals surface area contributed by atoms with Gasteiger partial charge in [-0.3, -0.25) is 4.79 Å². The first-order chi connectivity index (χ1) is 11.5. The third-order valence-corrected chi connectivity index (χ3v) is 4.03. The lowest BCUT2D eigenvalue weighted by atomic mass is 10.2. The highest BCUT2D eigenvalue weighted by molar-refractivity contribution is 9.10. The summed E-state index contributed by atoms with van der Waals surface area (Å²) in [6, 6.07) is 10.8. The molecular weight excluding hydrogens is 440 g/mol. The second-order valence-corrected chi connectivity index (χ2v) is 6.49. The lowest BCUT2D eigenvalue weighted by Crippen LogP contribution is -2.18. The van der Waals surface area contributed by atoms with Crippen LogP contribution in [0.4, 0.5) is 0 Å². The number of nitrogens with one attached hydrogen (secondary N) is 1. The number of carbonyl (C=O) groups is 1. The maximum atomic E-state index is 12.3. The van der Waals surface area contributed by atoms with Crippen LogP contribution >= 0.6 is 31.9 Å². The molecule has 0 fully saturated rings. The van der Waals surface area contributed by atoms with Crippen LogP contribution in [0.2, 0.25) is 0 Å². The number of hydrogen-bond donors (Lipinski definition) is 1. The van der Waals surface area contributed by atoms with Crippen molar-refractivity contribution in [1.29, 1.82) is 0 Å². The zero-order chi connectivity index (χ0) is 17.5. The standard InChI is InChI=1S/C17H16Br2N2O3/c1-3-24-15-6-4-12(18)8-11(15)10-20-21-17(22)14-9-13(19)5-7-16(14)23-2/h4-10H,3H2,1-2H3,(H,21,22)/b20-10-. The summed E-state index contributed by atoms with van der Waals surface area (Å²) in [4.78, 5) is 12.3. The van der Waals surface area contributed by atoms with Gasteiger partial charge in [-0.15, -0.1) is 0 Å². The number of hydrogen-bond acceptors (Lipinski definition) is 4. The summed E-state index contributed by atoms with van der Waals surface area (Å²) in [7, 11) is 1.51. The van der Waals surface area contributed by atoms with Crippen molar-refractivity contribution < 1.29 is 14.3 Å². The predicted octanol–water partition coefficient (Wildman–Crippen LogP) is 4.38. The Hall–Kier alpha value is -1.86. The van der Waals surface area contributed by atoms with E-state index < -0.39 is 0 Å². The quantitative estimate of drug-likeness (QED) is 0.519. The van der Waals surface area contributed by atoms with Crippen LogP contribution in [0.25, 0.3) is 0 Å². The van der Waals surface area contributed by atoms with Crippen LogP contribution in [0.3, 0.4) is 0 Å². The number of amides is 1. The van der Waals surface area contributed by atoms with Crippen molar-refractivity contribution in [3.8, 4) is 11.5 Å². The second kappa shape index (κ2) is 8.84. The van der Waals surface area contributed by atoms with E-state index >= 15 is 0 Å². The van der Waals surface area contributed by atoms with Crippen LogP contribution in [0.15, 0.2) is 50.4 Å². The van der Waals surface area contributed by atoms with Gasteiger partial charge in [-0.2, -0.15) is 5.10 Å². The van der Waals surface area contributed by atoms with Gasteiger partial charge in [0.2, 0.25) is 0 Å². The fraction of sp³-hybridized carbons (Fsp3) is 0.176. The van der Waals surface area contributed by atoms with Crippen molar-refractivity contribution in [2.45, 2.75) is 6.92 Å². The summed E-state index contributed by atoms with van der Waals surface area (Å²) in [5, 5.41) is 4.01. The van der Waals surface area contributed by atoms with E-state index in [9.17, 15) is 4.79 Å². The van der Waals surface area contributed by atoms with Gasteiger partial charge < -0.3 is 9.47 Å². The van der Waals surface area contributed by atoms with Crippen molar-refractivity contribution in [3.05, 3.63) is 56.5 Å². The number of halogens is 2. The van der Waals surface area contributed by atoms with Gasteiger partial charge in [0.05, 0.1) is 25.5 Å². The van der Waals surface area contributed by atoms with Gasteiger partial charge in [-0.1, -0.05) is 31.9 Å². The van der Waals surface area contributed by atoms with E-state index in [0.717, 1.165) is 14.5 Å². The molecule has 0 atom stereocenters. The zero-order valence-electron chi connectivity index (χ0n) is 13.2. The maximum Gasteiger partial charge on any atom is 0.275 e. The molecule has 7 heteroatoms. The number of carbonyl (C=O) groups excluding carboxylic acids is 1. The highest BCUT2D eigenvalue weighted by atomic mass is 79.9. The van der Waals surface area contributed by atoms with Crippen molar-refractivity contribution in [2.75, 3.05) is 13.7 Å². The number of nitrogens with zero attached hydrogens (tertiary/aromatic N) is 1. The molecule has 0 aliphatic heterocycles. The molecule has 0 aromatic heterocycles. The number of methoxy groups -OCH3 is 1. The van der Waals surface area contributed by atoms with Crippen LogP contribution in [-0.4, -0.2) is 25.8 Å². The minimum absolute atomic E-state index is 0.364. The maximum absolute atomic E-state index is 12.3. The van der Waals surface area contributed by atoms with Crippen LogP contribution in [-0.2, 0) is 0 Å². The van der Waals surface area contributed by atoms with Crippen molar-refractivity contribution in [2.24, 2.45) is 5.10 Å². The Morgan fingerprint density at radius 1 is 1.17 bits per heavy atom. The molecular formula is C17H16Br2N2O3. The van der Waals surface area contributed by atoms with Crippen molar-refractivity contribution in [1.82, 2.24) is 5.43 Å². The molecule has 126 valence electrons. The fourth-order valence-corrected chi connectivity index (χ4v) is 2.73. The van der Waals surface area contributed by atoms with Gasteiger partial charge in [-0.25, -0.2) is 5.43 Å². The van der Waals surface area contributed by atoms with Crippen LogP contribution < -0.4 is 14.9 Å². The summed E-state index contributed by atoms with van der Waals surface area (Å²) in [5.74, 6) is 0.805. The first-order valence-corrected chi connectivity index (χ1v) is 8.73. The Morgan fingerprint density at radius 2 is 1.83 bits per heavy atom. The van der Waals surface area contributed by atoms with E-state index in [0.29, 0.717) is 23.7 Å². The van der Waals surface area contributed by atoms with Gasteiger partial charge in [0.25, 0.3) is 5.91 Å². The second-order valence-electron chi connectivity index (χ2n) is 4.66. The normalized spacial score (nSPS) is 10.7. The van der Waals surface area contributed by atoms with Gasteiger partial charge in [-0.05, 0) is 43.3 Å². The molecule has 1 amide bonds. The average Bonchev–Trinajstić information content (AvgIpc) is 2.57. The van der Waals surface area contributed by atoms with E-state index in [1.54, 1.807) is 18.2 Å². The third-order valence-electron chi connectivity index (χ3n) is 3.05. The molecule has 0 saturated heterocycles. The van der Waals surface area contributed by atoms with Gasteiger partial charge >= 0.3 is 0 Å². The molecule has 0 spiro atoms. The average molecular weight is 456 g/mol. The molecule has 0 aliphatic carbocycles. The Bertz CT molecular complexity index is 763. The van der Waals surface area contributed by atoms with Crippen molar-refractivity contribution in [3.63, 3.8) is 0 Å². The molecule has 24 heavy (non-hydrogen) atoms. The fourth-order valence-electron chi connectivity index (χ4n) is 1.99. The minimum atomic E-state index is -0.364. The summed E-state index contributed by atoms with van der Waals surface area (Å²) in [5.41, 5.74) is 3.65. The third kappa shape index (κ3) is 4.82. The van der Waals surface area contributed by atoms with Crippen LogP contribution in [0, 0.1) is 0 Å². The van der Waals surface area contributed by atoms with Gasteiger partial charge in [0.15, 0.2) is 0 Å². The summed E-state index contributed by atoms with van der Waals surface area (Å²) >= 11 is 6.74. The molecule has 2 aromatic rings. The highest BCUT2D eigenvalue weighted by Gasteiger charge is 2.12. The number of benzene rings is 2. The topological polar surface area (TPSA) is 59.9 Å². The molecule has 0 unspecified atom stereocenters. The molecule has 0 aliphatic rings. The Labute approximate surface area is 157 Å². The largest absolute Gasteiger partial charge is 0.496 e. The van der Waals surface area contributed by atoms with Gasteiger partial charge in [0, 0.05) is 14.5 Å². The molecule has 0 radical (unpaired) electrons. The molecule has 2 rings (SSSR count). The number of ether oxygens (including phenoxy) is 2. The highest BCUT2D eigenvalue weighted by Crippen LogP contribution is 2.23. The lowest BCUT2D eigenvalue weighted by Gasteiger charge is -2.08. The Morgan fingerprint density at radius 3 is 2.50 bits per heavy atom. The monoisotopic (exact) mass is 454 g/mol. The zero-order valence-corrected chi connectivity index (χ0v) is 16.3. The molecule has 0 saturated carbocycles. The number of hydrazone groups is 1. The molecule has 2 aromatic carbocycles. The lowest BCUT2D eigenvalue weighted by molar-refractivity contribution is 0.0952. The first-order valence-electron chi connectivity index (χ1n) is 7.14. The molecule has 5 nitrogen and oxygen atoms in total. The first kappa shape index (κ1) is 18.5. The van der Waals surface area contributed by atoms with E-state index in [-0.39, 0.29) is 5.91 Å². The summed E-state index contributed by atoms with van der Waals surface area (Å²) in [6.07, 6.45) is 1.54. The predicted molar refractivity (Wildman–Crippen MR) is 101 cm³/mol. The van der Waals surface area contributed by atoms with Crippen LogP contribution in [0.1, 0.15) is 22.8 Å². The summed E-state index contributed by atoms with van der Waals surface area (Å²) < 4.78 is 12.4. The van der Waals surface area contributed by atoms with E-state index in [2.05, 4.69) is 42.4 Å². The number of rotatable bonds is 6.